The molecule has 32 heavy (non-hydrogen) atoms. The lowest BCUT2D eigenvalue weighted by atomic mass is 10.0. The summed E-state index contributed by atoms with van der Waals surface area (Å²) < 4.78 is 20.9. The van der Waals surface area contributed by atoms with E-state index in [1.807, 2.05) is 29.7 Å². The second-order valence-electron chi connectivity index (χ2n) is 7.00. The average molecular weight is 477 g/mol. The lowest BCUT2D eigenvalue weighted by Crippen LogP contribution is -2.17. The highest BCUT2D eigenvalue weighted by Crippen LogP contribution is 2.25. The molecule has 3 aromatic rings. The number of amides is 1. The summed E-state index contributed by atoms with van der Waals surface area (Å²) in [5.74, 6) is 0.682. The number of rotatable bonds is 10. The number of halogens is 2. The zero-order valence-corrected chi connectivity index (χ0v) is 19.9. The van der Waals surface area contributed by atoms with Gasteiger partial charge in [0.2, 0.25) is 5.91 Å². The van der Waals surface area contributed by atoms with Crippen LogP contribution in [0.5, 0.6) is 5.75 Å². The van der Waals surface area contributed by atoms with Gasteiger partial charge in [0.05, 0.1) is 10.8 Å². The van der Waals surface area contributed by atoms with E-state index in [9.17, 15) is 9.18 Å². The predicted octanol–water partition coefficient (Wildman–Crippen LogP) is 5.53. The van der Waals surface area contributed by atoms with E-state index in [0.717, 1.165) is 29.7 Å². The van der Waals surface area contributed by atoms with Gasteiger partial charge >= 0.3 is 0 Å². The van der Waals surface area contributed by atoms with Gasteiger partial charge in [0.15, 0.2) is 11.0 Å². The quantitative estimate of drug-likeness (QED) is 0.390. The van der Waals surface area contributed by atoms with Gasteiger partial charge in [0.25, 0.3) is 0 Å². The van der Waals surface area contributed by atoms with Crippen molar-refractivity contribution < 1.29 is 13.9 Å². The Balaban J connectivity index is 1.63. The second-order valence-corrected chi connectivity index (χ2v) is 8.35. The van der Waals surface area contributed by atoms with Crippen molar-refractivity contribution in [2.24, 2.45) is 0 Å². The third kappa shape index (κ3) is 5.81. The number of benzene rings is 2. The molecule has 0 radical (unpaired) electrons. The third-order valence-electron chi connectivity index (χ3n) is 4.96. The summed E-state index contributed by atoms with van der Waals surface area (Å²) in [6.07, 6.45) is 1.70. The summed E-state index contributed by atoms with van der Waals surface area (Å²) in [7, 11) is 0. The molecule has 1 N–H and O–H groups in total. The van der Waals surface area contributed by atoms with Gasteiger partial charge in [-0.25, -0.2) is 4.39 Å². The zero-order chi connectivity index (χ0) is 23.1. The van der Waals surface area contributed by atoms with Crippen LogP contribution in [0, 0.1) is 5.82 Å². The van der Waals surface area contributed by atoms with Gasteiger partial charge < -0.3 is 14.6 Å². The van der Waals surface area contributed by atoms with Gasteiger partial charge in [-0.3, -0.25) is 4.79 Å². The lowest BCUT2D eigenvalue weighted by Gasteiger charge is -2.14. The normalized spacial score (nSPS) is 10.9. The fraction of sp³-hybridized carbons (Fsp3) is 0.348. The smallest absolute Gasteiger partial charge is 0.234 e. The van der Waals surface area contributed by atoms with E-state index in [4.69, 9.17) is 16.3 Å². The van der Waals surface area contributed by atoms with Crippen LogP contribution in [0.3, 0.4) is 0 Å². The van der Waals surface area contributed by atoms with Crippen molar-refractivity contribution in [2.75, 3.05) is 11.1 Å². The first-order chi connectivity index (χ1) is 15.5. The number of nitrogens with one attached hydrogen (secondary N) is 1. The van der Waals surface area contributed by atoms with Gasteiger partial charge in [-0.15, -0.1) is 10.2 Å². The number of hydrogen-bond acceptors (Lipinski definition) is 5. The van der Waals surface area contributed by atoms with Crippen LogP contribution in [0.4, 0.5) is 10.1 Å². The molecule has 3 rings (SSSR count). The van der Waals surface area contributed by atoms with E-state index >= 15 is 0 Å². The van der Waals surface area contributed by atoms with E-state index in [0.29, 0.717) is 23.3 Å². The van der Waals surface area contributed by atoms with Gasteiger partial charge in [-0.05, 0) is 43.0 Å². The van der Waals surface area contributed by atoms with Crippen molar-refractivity contribution in [3.63, 3.8) is 0 Å². The summed E-state index contributed by atoms with van der Waals surface area (Å²) in [6.45, 7) is 6.90. The second kappa shape index (κ2) is 11.3. The van der Waals surface area contributed by atoms with Crippen LogP contribution in [0.1, 0.15) is 37.7 Å². The maximum Gasteiger partial charge on any atom is 0.234 e. The van der Waals surface area contributed by atoms with Crippen LogP contribution >= 0.6 is 23.4 Å². The summed E-state index contributed by atoms with van der Waals surface area (Å²) in [6, 6.07) is 10.3. The standard InChI is InChI=1S/C23H26ClFN4O2S/c1-4-15-8-7-9-16(5-2)22(15)26-21(30)14-32-23-28-27-20(29(23)6-3)13-31-17-10-11-19(25)18(24)12-17/h7-12H,4-6,13-14H2,1-3H3,(H,26,30). The number of hydrogen-bond donors (Lipinski definition) is 1. The molecule has 0 spiro atoms. The minimum Gasteiger partial charge on any atom is -0.486 e. The Hall–Kier alpha value is -2.58. The Bertz CT molecular complexity index is 1070. The van der Waals surface area contributed by atoms with Gasteiger partial charge in [-0.2, -0.15) is 0 Å². The van der Waals surface area contributed by atoms with Crippen molar-refractivity contribution in [3.05, 3.63) is 64.2 Å². The van der Waals surface area contributed by atoms with Crippen LogP contribution in [0.25, 0.3) is 0 Å². The fourth-order valence-electron chi connectivity index (χ4n) is 3.27. The van der Waals surface area contributed by atoms with Crippen molar-refractivity contribution in [3.8, 4) is 5.75 Å². The van der Waals surface area contributed by atoms with Crippen molar-refractivity contribution in [1.29, 1.82) is 0 Å². The van der Waals surface area contributed by atoms with Gasteiger partial charge in [0.1, 0.15) is 18.2 Å². The molecule has 0 aliphatic heterocycles. The molecule has 0 unspecified atom stereocenters. The molecule has 0 aliphatic carbocycles. The molecule has 2 aromatic carbocycles. The van der Waals surface area contributed by atoms with E-state index < -0.39 is 5.82 Å². The number of carbonyl (C=O) groups is 1. The summed E-state index contributed by atoms with van der Waals surface area (Å²) >= 11 is 7.12. The fourth-order valence-corrected chi connectivity index (χ4v) is 4.27. The highest BCUT2D eigenvalue weighted by Gasteiger charge is 2.15. The molecule has 1 heterocycles. The maximum atomic E-state index is 13.3. The first-order valence-electron chi connectivity index (χ1n) is 10.5. The number of carbonyl (C=O) groups excluding carboxylic acids is 1. The average Bonchev–Trinajstić information content (AvgIpc) is 3.20. The lowest BCUT2D eigenvalue weighted by molar-refractivity contribution is -0.113. The van der Waals surface area contributed by atoms with Crippen molar-refractivity contribution in [2.45, 2.75) is 51.9 Å². The van der Waals surface area contributed by atoms with Crippen molar-refractivity contribution in [1.82, 2.24) is 14.8 Å². The Morgan fingerprint density at radius 2 is 1.88 bits per heavy atom. The highest BCUT2D eigenvalue weighted by molar-refractivity contribution is 7.99. The Kier molecular flexibility index (Phi) is 8.53. The third-order valence-corrected chi connectivity index (χ3v) is 6.22. The SMILES string of the molecule is CCc1cccc(CC)c1NC(=O)CSc1nnc(COc2ccc(F)c(Cl)c2)n1CC. The van der Waals surface area contributed by atoms with Crippen molar-refractivity contribution >= 4 is 35.0 Å². The first kappa shape index (κ1) is 24.1. The molecular formula is C23H26ClFN4O2S. The molecule has 1 amide bonds. The van der Waals surface area contributed by atoms with Crippen LogP contribution < -0.4 is 10.1 Å². The number of ether oxygens (including phenoxy) is 1. The maximum absolute atomic E-state index is 13.3. The Morgan fingerprint density at radius 1 is 1.16 bits per heavy atom. The number of anilines is 1. The Morgan fingerprint density at radius 3 is 2.50 bits per heavy atom. The van der Waals surface area contributed by atoms with Crippen LogP contribution in [-0.2, 0) is 30.8 Å². The first-order valence-corrected chi connectivity index (χ1v) is 11.9. The van der Waals surface area contributed by atoms with E-state index in [2.05, 4.69) is 29.4 Å². The van der Waals surface area contributed by atoms with E-state index in [1.54, 1.807) is 0 Å². The molecule has 170 valence electrons. The number of para-hydroxylation sites is 1. The molecule has 0 saturated heterocycles. The van der Waals surface area contributed by atoms with Gasteiger partial charge in [0, 0.05) is 18.3 Å². The molecule has 6 nitrogen and oxygen atoms in total. The molecule has 0 fully saturated rings. The predicted molar refractivity (Wildman–Crippen MR) is 126 cm³/mol. The summed E-state index contributed by atoms with van der Waals surface area (Å²) in [5, 5.41) is 12.1. The van der Waals surface area contributed by atoms with E-state index in [-0.39, 0.29) is 23.3 Å². The highest BCUT2D eigenvalue weighted by atomic mass is 35.5. The molecule has 1 aromatic heterocycles. The van der Waals surface area contributed by atoms with Crippen LogP contribution in [0.15, 0.2) is 41.6 Å². The van der Waals surface area contributed by atoms with Gasteiger partial charge in [-0.1, -0.05) is 55.4 Å². The number of thioether (sulfide) groups is 1. The topological polar surface area (TPSA) is 69.0 Å². The molecule has 0 aliphatic rings. The molecule has 9 heteroatoms. The van der Waals surface area contributed by atoms with Crippen LogP contribution in [-0.4, -0.2) is 26.4 Å². The minimum atomic E-state index is -0.500. The number of aromatic nitrogens is 3. The molecular weight excluding hydrogens is 451 g/mol. The van der Waals surface area contributed by atoms with E-state index in [1.165, 1.54) is 30.0 Å². The minimum absolute atomic E-state index is 0.00223. The molecule has 0 bridgehead atoms. The number of aryl methyl sites for hydroxylation is 2. The zero-order valence-electron chi connectivity index (χ0n) is 18.3. The molecule has 0 saturated carbocycles. The number of nitrogens with zero attached hydrogens (tertiary/aromatic N) is 3. The summed E-state index contributed by atoms with van der Waals surface area (Å²) in [5.41, 5.74) is 3.16. The largest absolute Gasteiger partial charge is 0.486 e. The molecule has 0 atom stereocenters. The summed E-state index contributed by atoms with van der Waals surface area (Å²) in [4.78, 5) is 12.6. The Labute approximate surface area is 196 Å². The van der Waals surface area contributed by atoms with Crippen LogP contribution in [0.2, 0.25) is 5.02 Å². The monoisotopic (exact) mass is 476 g/mol.